The number of hydrogen-bond donors (Lipinski definition) is 2. The van der Waals surface area contributed by atoms with E-state index in [2.05, 4.69) is 10.0 Å². The number of sulfonamides is 1. The van der Waals surface area contributed by atoms with Gasteiger partial charge in [-0.1, -0.05) is 23.7 Å². The smallest absolute Gasteiger partial charge is 0.251 e. The van der Waals surface area contributed by atoms with Gasteiger partial charge in [-0.3, -0.25) is 4.79 Å². The van der Waals surface area contributed by atoms with Crippen molar-refractivity contribution in [2.75, 3.05) is 0 Å². The lowest BCUT2D eigenvalue weighted by Crippen LogP contribution is -2.26. The average Bonchev–Trinajstić information content (AvgIpc) is 3.36. The Labute approximate surface area is 146 Å². The molecule has 1 amide bonds. The first-order valence-electron chi connectivity index (χ1n) is 7.59. The number of amides is 1. The van der Waals surface area contributed by atoms with Crippen LogP contribution < -0.4 is 10.0 Å². The highest BCUT2D eigenvalue weighted by molar-refractivity contribution is 7.89. The first-order chi connectivity index (χ1) is 11.4. The molecule has 0 unspecified atom stereocenters. The van der Waals surface area contributed by atoms with Crippen molar-refractivity contribution < 1.29 is 13.2 Å². The Morgan fingerprint density at radius 1 is 1.12 bits per heavy atom. The fraction of sp³-hybridized carbons (Fsp3) is 0.235. The van der Waals surface area contributed by atoms with Crippen LogP contribution in [0.4, 0.5) is 0 Å². The van der Waals surface area contributed by atoms with Crippen molar-refractivity contribution >= 4 is 27.5 Å². The third-order valence-corrected chi connectivity index (χ3v) is 5.44. The van der Waals surface area contributed by atoms with E-state index in [0.29, 0.717) is 17.1 Å². The van der Waals surface area contributed by atoms with Crippen molar-refractivity contribution in [1.82, 2.24) is 10.0 Å². The van der Waals surface area contributed by atoms with Crippen molar-refractivity contribution in [2.24, 2.45) is 0 Å². The molecule has 7 heteroatoms. The third-order valence-electron chi connectivity index (χ3n) is 3.67. The second-order valence-corrected chi connectivity index (χ2v) is 7.88. The number of hydrogen-bond acceptors (Lipinski definition) is 3. The summed E-state index contributed by atoms with van der Waals surface area (Å²) in [5.41, 5.74) is 1.30. The standard InChI is InChI=1S/C17H17ClN2O3S/c18-14-3-1-2-12(10-14)11-19-17(21)13-4-8-16(9-5-13)24(22,23)20-15-6-7-15/h1-5,8-10,15,20H,6-7,11H2,(H,19,21). The van der Waals surface area contributed by atoms with E-state index >= 15 is 0 Å². The topological polar surface area (TPSA) is 75.3 Å². The summed E-state index contributed by atoms with van der Waals surface area (Å²) in [7, 11) is -3.50. The number of carbonyl (C=O) groups is 1. The molecule has 0 bridgehead atoms. The van der Waals surface area contributed by atoms with Gasteiger partial charge in [0.25, 0.3) is 5.91 Å². The van der Waals surface area contributed by atoms with Crippen LogP contribution in [-0.2, 0) is 16.6 Å². The van der Waals surface area contributed by atoms with Gasteiger partial charge in [0.2, 0.25) is 10.0 Å². The van der Waals surface area contributed by atoms with Gasteiger partial charge in [-0.15, -0.1) is 0 Å². The maximum atomic E-state index is 12.1. The van der Waals surface area contributed by atoms with Gasteiger partial charge in [0, 0.05) is 23.2 Å². The maximum Gasteiger partial charge on any atom is 0.251 e. The molecular weight excluding hydrogens is 348 g/mol. The van der Waals surface area contributed by atoms with Crippen LogP contribution in [0.1, 0.15) is 28.8 Å². The molecule has 3 rings (SSSR count). The van der Waals surface area contributed by atoms with Gasteiger partial charge in [-0.05, 0) is 54.8 Å². The lowest BCUT2D eigenvalue weighted by molar-refractivity contribution is 0.0951. The molecule has 2 N–H and O–H groups in total. The summed E-state index contributed by atoms with van der Waals surface area (Å²) in [6, 6.07) is 13.2. The zero-order chi connectivity index (χ0) is 17.2. The summed E-state index contributed by atoms with van der Waals surface area (Å²) in [4.78, 5) is 12.3. The zero-order valence-electron chi connectivity index (χ0n) is 12.8. The van der Waals surface area contributed by atoms with Crippen molar-refractivity contribution in [3.8, 4) is 0 Å². The summed E-state index contributed by atoms with van der Waals surface area (Å²) in [6.45, 7) is 0.350. The molecule has 0 saturated heterocycles. The summed E-state index contributed by atoms with van der Waals surface area (Å²) in [5.74, 6) is -0.269. The van der Waals surface area contributed by atoms with Crippen molar-refractivity contribution in [3.63, 3.8) is 0 Å². The molecule has 0 heterocycles. The Kier molecular flexibility index (Phi) is 4.89. The highest BCUT2D eigenvalue weighted by Crippen LogP contribution is 2.22. The minimum Gasteiger partial charge on any atom is -0.348 e. The third kappa shape index (κ3) is 4.35. The molecule has 2 aromatic rings. The van der Waals surface area contributed by atoms with Gasteiger partial charge < -0.3 is 5.32 Å². The highest BCUT2D eigenvalue weighted by atomic mass is 35.5. The number of carbonyl (C=O) groups excluding carboxylic acids is 1. The van der Waals surface area contributed by atoms with Crippen molar-refractivity contribution in [1.29, 1.82) is 0 Å². The number of nitrogens with one attached hydrogen (secondary N) is 2. The average molecular weight is 365 g/mol. The minimum atomic E-state index is -3.50. The molecule has 1 saturated carbocycles. The first-order valence-corrected chi connectivity index (χ1v) is 9.45. The van der Waals surface area contributed by atoms with Crippen molar-refractivity contribution in [2.45, 2.75) is 30.3 Å². The largest absolute Gasteiger partial charge is 0.348 e. The van der Waals surface area contributed by atoms with Gasteiger partial charge >= 0.3 is 0 Å². The minimum absolute atomic E-state index is 0.0515. The van der Waals surface area contributed by atoms with E-state index in [-0.39, 0.29) is 16.8 Å². The number of rotatable bonds is 6. The van der Waals surface area contributed by atoms with Crippen molar-refractivity contribution in [3.05, 3.63) is 64.7 Å². The first kappa shape index (κ1) is 17.0. The highest BCUT2D eigenvalue weighted by Gasteiger charge is 2.27. The molecule has 0 aliphatic heterocycles. The van der Waals surface area contributed by atoms with E-state index in [0.717, 1.165) is 18.4 Å². The van der Waals surface area contributed by atoms with Gasteiger partial charge in [0.05, 0.1) is 4.90 Å². The van der Waals surface area contributed by atoms with E-state index < -0.39 is 10.0 Å². The molecule has 0 radical (unpaired) electrons. The predicted molar refractivity (Wildman–Crippen MR) is 92.4 cm³/mol. The summed E-state index contributed by atoms with van der Waals surface area (Å²) in [5, 5.41) is 3.39. The SMILES string of the molecule is O=C(NCc1cccc(Cl)c1)c1ccc(S(=O)(=O)NC2CC2)cc1. The molecule has 1 fully saturated rings. The fourth-order valence-corrected chi connectivity index (χ4v) is 3.72. The van der Waals surface area contributed by atoms with Crippen LogP contribution in [0.3, 0.4) is 0 Å². The second-order valence-electron chi connectivity index (χ2n) is 5.73. The Hall–Kier alpha value is -1.89. The molecule has 126 valence electrons. The van der Waals surface area contributed by atoms with E-state index in [9.17, 15) is 13.2 Å². The molecule has 24 heavy (non-hydrogen) atoms. The van der Waals surface area contributed by atoms with E-state index in [1.807, 2.05) is 12.1 Å². The van der Waals surface area contributed by atoms with Gasteiger partial charge in [-0.25, -0.2) is 13.1 Å². The van der Waals surface area contributed by atoms with Crippen LogP contribution in [0.5, 0.6) is 0 Å². The van der Waals surface area contributed by atoms with E-state index in [1.54, 1.807) is 12.1 Å². The van der Waals surface area contributed by atoms with Crippen LogP contribution in [0.15, 0.2) is 53.4 Å². The molecule has 2 aromatic carbocycles. The molecule has 0 spiro atoms. The van der Waals surface area contributed by atoms with E-state index in [1.165, 1.54) is 24.3 Å². The van der Waals surface area contributed by atoms with Gasteiger partial charge in [0.15, 0.2) is 0 Å². The van der Waals surface area contributed by atoms with E-state index in [4.69, 9.17) is 11.6 Å². The van der Waals surface area contributed by atoms with Gasteiger partial charge in [0.1, 0.15) is 0 Å². The van der Waals surface area contributed by atoms with Crippen LogP contribution in [-0.4, -0.2) is 20.4 Å². The maximum absolute atomic E-state index is 12.1. The molecule has 0 atom stereocenters. The molecule has 1 aliphatic rings. The Morgan fingerprint density at radius 3 is 2.46 bits per heavy atom. The summed E-state index contributed by atoms with van der Waals surface area (Å²) in [6.07, 6.45) is 1.76. The van der Waals surface area contributed by atoms with Crippen LogP contribution >= 0.6 is 11.6 Å². The quantitative estimate of drug-likeness (QED) is 0.827. The lowest BCUT2D eigenvalue weighted by atomic mass is 10.2. The van der Waals surface area contributed by atoms with Crippen LogP contribution in [0.25, 0.3) is 0 Å². The van der Waals surface area contributed by atoms with Gasteiger partial charge in [-0.2, -0.15) is 0 Å². The zero-order valence-corrected chi connectivity index (χ0v) is 14.4. The number of halogens is 1. The normalized spacial score (nSPS) is 14.4. The summed E-state index contributed by atoms with van der Waals surface area (Å²) < 4.78 is 26.8. The summed E-state index contributed by atoms with van der Waals surface area (Å²) >= 11 is 5.90. The fourth-order valence-electron chi connectivity index (χ4n) is 2.21. The number of benzene rings is 2. The Balaban J connectivity index is 1.63. The Bertz CT molecular complexity index is 846. The molecule has 1 aliphatic carbocycles. The monoisotopic (exact) mass is 364 g/mol. The van der Waals surface area contributed by atoms with Crippen LogP contribution in [0.2, 0.25) is 5.02 Å². The Morgan fingerprint density at radius 2 is 1.83 bits per heavy atom. The second kappa shape index (κ2) is 6.93. The molecule has 5 nitrogen and oxygen atoms in total. The molecular formula is C17H17ClN2O3S. The predicted octanol–water partition coefficient (Wildman–Crippen LogP) is 2.71. The molecule has 0 aromatic heterocycles. The van der Waals surface area contributed by atoms with Crippen LogP contribution in [0, 0.1) is 0 Å². The lowest BCUT2D eigenvalue weighted by Gasteiger charge is -2.08.